The number of halogens is 1. The molecule has 0 aliphatic heterocycles. The molecule has 0 saturated heterocycles. The summed E-state index contributed by atoms with van der Waals surface area (Å²) in [6.45, 7) is 1.86. The summed E-state index contributed by atoms with van der Waals surface area (Å²) in [5.41, 5.74) is 2.94. The van der Waals surface area contributed by atoms with E-state index in [1.165, 1.54) is 0 Å². The number of alkyl halides is 1. The first-order valence-corrected chi connectivity index (χ1v) is 6.01. The van der Waals surface area contributed by atoms with Crippen LogP contribution in [0.5, 0.6) is 0 Å². The third-order valence-corrected chi connectivity index (χ3v) is 2.56. The predicted octanol–water partition coefficient (Wildman–Crippen LogP) is 3.93. The number of nitrogens with zero attached hydrogens (tertiary/aromatic N) is 1. The van der Waals surface area contributed by atoms with Gasteiger partial charge >= 0.3 is 0 Å². The zero-order chi connectivity index (χ0) is 10.7. The highest BCUT2D eigenvalue weighted by molar-refractivity contribution is 9.09. The maximum atomic E-state index is 5.41. The fourth-order valence-corrected chi connectivity index (χ4v) is 1.71. The molecular formula is C12H12BrNO. The number of rotatable bonds is 3. The molecule has 1 aromatic heterocycles. The minimum atomic E-state index is 0.714. The summed E-state index contributed by atoms with van der Waals surface area (Å²) in [5.74, 6) is 0.714. The van der Waals surface area contributed by atoms with Crippen molar-refractivity contribution < 1.29 is 4.42 Å². The Kier molecular flexibility index (Phi) is 3.21. The van der Waals surface area contributed by atoms with E-state index in [0.717, 1.165) is 28.4 Å². The molecule has 0 radical (unpaired) electrons. The molecule has 78 valence electrons. The lowest BCUT2D eigenvalue weighted by atomic mass is 10.2. The van der Waals surface area contributed by atoms with Crippen LogP contribution in [0.15, 0.2) is 28.7 Å². The van der Waals surface area contributed by atoms with E-state index in [4.69, 9.17) is 4.42 Å². The van der Waals surface area contributed by atoms with Crippen molar-refractivity contribution in [1.29, 1.82) is 0 Å². The molecule has 0 aliphatic carbocycles. The Bertz CT molecular complexity index is 487. The van der Waals surface area contributed by atoms with Crippen molar-refractivity contribution in [2.24, 2.45) is 0 Å². The molecule has 3 heteroatoms. The van der Waals surface area contributed by atoms with Crippen LogP contribution < -0.4 is 0 Å². The second kappa shape index (κ2) is 4.62. The maximum Gasteiger partial charge on any atom is 0.192 e. The molecule has 0 spiro atoms. The highest BCUT2D eigenvalue weighted by Crippen LogP contribution is 2.17. The first kappa shape index (κ1) is 10.4. The van der Waals surface area contributed by atoms with E-state index >= 15 is 0 Å². The Labute approximate surface area is 97.1 Å². The topological polar surface area (TPSA) is 26.0 Å². The van der Waals surface area contributed by atoms with Crippen LogP contribution in [0.3, 0.4) is 0 Å². The lowest BCUT2D eigenvalue weighted by molar-refractivity contribution is 0.561. The average molecular weight is 266 g/mol. The number of allylic oxidation sites excluding steroid dienone is 1. The molecule has 2 nitrogen and oxygen atoms in total. The van der Waals surface area contributed by atoms with Crippen molar-refractivity contribution >= 4 is 33.1 Å². The van der Waals surface area contributed by atoms with Crippen molar-refractivity contribution in [3.8, 4) is 0 Å². The minimum Gasteiger partial charge on any atom is -0.441 e. The first-order chi connectivity index (χ1) is 7.29. The van der Waals surface area contributed by atoms with Crippen LogP contribution in [0.4, 0.5) is 0 Å². The predicted molar refractivity (Wildman–Crippen MR) is 66.2 cm³/mol. The largest absolute Gasteiger partial charge is 0.441 e. The Balaban J connectivity index is 2.30. The number of fused-ring (bicyclic) bond motifs is 1. The van der Waals surface area contributed by atoms with Gasteiger partial charge in [0.1, 0.15) is 5.52 Å². The molecule has 0 fully saturated rings. The van der Waals surface area contributed by atoms with E-state index in [1.807, 2.05) is 25.1 Å². The van der Waals surface area contributed by atoms with E-state index in [1.54, 1.807) is 0 Å². The summed E-state index contributed by atoms with van der Waals surface area (Å²) < 4.78 is 5.41. The summed E-state index contributed by atoms with van der Waals surface area (Å²) in [5, 5.41) is 0.995. The van der Waals surface area contributed by atoms with E-state index < -0.39 is 0 Å². The Morgan fingerprint density at radius 1 is 1.47 bits per heavy atom. The molecule has 0 bridgehead atoms. The lowest BCUT2D eigenvalue weighted by Crippen LogP contribution is -1.74. The minimum absolute atomic E-state index is 0.714. The number of benzene rings is 1. The number of aromatic nitrogens is 1. The summed E-state index contributed by atoms with van der Waals surface area (Å²) in [4.78, 5) is 4.29. The number of oxazole rings is 1. The van der Waals surface area contributed by atoms with Gasteiger partial charge in [-0.1, -0.05) is 34.1 Å². The van der Waals surface area contributed by atoms with Gasteiger partial charge in [-0.15, -0.1) is 0 Å². The van der Waals surface area contributed by atoms with Crippen molar-refractivity contribution in [1.82, 2.24) is 4.98 Å². The van der Waals surface area contributed by atoms with Gasteiger partial charge in [0.05, 0.1) is 0 Å². The number of aryl methyl sites for hydroxylation is 1. The molecule has 0 atom stereocenters. The first-order valence-electron chi connectivity index (χ1n) is 4.89. The molecule has 1 heterocycles. The standard InChI is InChI=1S/C12H12BrNO/c1-9-14-11-8-10(4-2-3-7-13)5-6-12(11)15-9/h2,4-6,8H,3,7H2,1H3. The molecule has 2 aromatic rings. The summed E-state index contributed by atoms with van der Waals surface area (Å²) in [6, 6.07) is 6.04. The van der Waals surface area contributed by atoms with Crippen LogP contribution in [0.25, 0.3) is 17.2 Å². The van der Waals surface area contributed by atoms with Crippen LogP contribution >= 0.6 is 15.9 Å². The Hall–Kier alpha value is -1.09. The third kappa shape index (κ3) is 2.48. The summed E-state index contributed by atoms with van der Waals surface area (Å²) in [7, 11) is 0. The van der Waals surface area contributed by atoms with Crippen LogP contribution in [0.2, 0.25) is 0 Å². The quantitative estimate of drug-likeness (QED) is 0.786. The monoisotopic (exact) mass is 265 g/mol. The van der Waals surface area contributed by atoms with Gasteiger partial charge in [0, 0.05) is 12.3 Å². The molecule has 15 heavy (non-hydrogen) atoms. The van der Waals surface area contributed by atoms with E-state index in [0.29, 0.717) is 5.89 Å². The van der Waals surface area contributed by atoms with Gasteiger partial charge in [0.15, 0.2) is 11.5 Å². The van der Waals surface area contributed by atoms with Crippen LogP contribution in [-0.2, 0) is 0 Å². The van der Waals surface area contributed by atoms with Crippen LogP contribution in [0, 0.1) is 6.92 Å². The Morgan fingerprint density at radius 2 is 2.33 bits per heavy atom. The third-order valence-electron chi connectivity index (χ3n) is 2.10. The second-order valence-corrected chi connectivity index (χ2v) is 4.13. The summed E-state index contributed by atoms with van der Waals surface area (Å²) >= 11 is 3.39. The van der Waals surface area contributed by atoms with Gasteiger partial charge in [-0.05, 0) is 24.1 Å². The highest BCUT2D eigenvalue weighted by Gasteiger charge is 2.00. The molecule has 2 rings (SSSR count). The van der Waals surface area contributed by atoms with Gasteiger partial charge in [-0.3, -0.25) is 0 Å². The molecular weight excluding hydrogens is 254 g/mol. The van der Waals surface area contributed by atoms with Crippen molar-refractivity contribution in [2.75, 3.05) is 5.33 Å². The molecule has 1 aromatic carbocycles. The normalized spacial score (nSPS) is 11.6. The lowest BCUT2D eigenvalue weighted by Gasteiger charge is -1.91. The maximum absolute atomic E-state index is 5.41. The van der Waals surface area contributed by atoms with E-state index in [9.17, 15) is 0 Å². The molecule has 0 N–H and O–H groups in total. The van der Waals surface area contributed by atoms with E-state index in [2.05, 4.69) is 33.1 Å². The smallest absolute Gasteiger partial charge is 0.192 e. The molecule has 0 aliphatic rings. The number of hydrogen-bond donors (Lipinski definition) is 0. The number of hydrogen-bond acceptors (Lipinski definition) is 2. The SMILES string of the molecule is Cc1nc2cc(C=CCCBr)ccc2o1. The van der Waals surface area contributed by atoms with Crippen LogP contribution in [-0.4, -0.2) is 10.3 Å². The fourth-order valence-electron chi connectivity index (χ4n) is 1.45. The second-order valence-electron chi connectivity index (χ2n) is 3.34. The van der Waals surface area contributed by atoms with Crippen LogP contribution in [0.1, 0.15) is 17.9 Å². The average Bonchev–Trinajstić information content (AvgIpc) is 2.57. The van der Waals surface area contributed by atoms with Gasteiger partial charge in [0.25, 0.3) is 0 Å². The van der Waals surface area contributed by atoms with Gasteiger partial charge in [-0.2, -0.15) is 0 Å². The fraction of sp³-hybridized carbons (Fsp3) is 0.250. The highest BCUT2D eigenvalue weighted by atomic mass is 79.9. The van der Waals surface area contributed by atoms with Crippen molar-refractivity contribution in [2.45, 2.75) is 13.3 Å². The molecule has 0 amide bonds. The van der Waals surface area contributed by atoms with Gasteiger partial charge in [0.2, 0.25) is 0 Å². The van der Waals surface area contributed by atoms with Gasteiger partial charge in [-0.25, -0.2) is 4.98 Å². The zero-order valence-corrected chi connectivity index (χ0v) is 10.1. The zero-order valence-electron chi connectivity index (χ0n) is 8.53. The summed E-state index contributed by atoms with van der Waals surface area (Å²) in [6.07, 6.45) is 5.28. The molecule has 0 saturated carbocycles. The van der Waals surface area contributed by atoms with E-state index in [-0.39, 0.29) is 0 Å². The van der Waals surface area contributed by atoms with Crippen molar-refractivity contribution in [3.63, 3.8) is 0 Å². The molecule has 0 unspecified atom stereocenters. The Morgan fingerprint density at radius 3 is 3.13 bits per heavy atom. The van der Waals surface area contributed by atoms with Crippen molar-refractivity contribution in [3.05, 3.63) is 35.7 Å². The van der Waals surface area contributed by atoms with Gasteiger partial charge < -0.3 is 4.42 Å².